The van der Waals surface area contributed by atoms with E-state index in [4.69, 9.17) is 28.8 Å². The molecule has 0 aliphatic carbocycles. The van der Waals surface area contributed by atoms with Crippen molar-refractivity contribution < 1.29 is 0 Å². The minimum absolute atomic E-state index is 0.412. The van der Waals surface area contributed by atoms with E-state index in [-0.39, 0.29) is 0 Å². The summed E-state index contributed by atoms with van der Waals surface area (Å²) in [5, 5.41) is 0.721. The number of hydrogen-bond acceptors (Lipinski definition) is 4. The molecule has 17 heavy (non-hydrogen) atoms. The van der Waals surface area contributed by atoms with Crippen LogP contribution < -0.4 is 17.2 Å². The molecule has 0 saturated carbocycles. The number of halogens is 1. The number of benzene rings is 1. The van der Waals surface area contributed by atoms with Crippen LogP contribution in [0.1, 0.15) is 5.69 Å². The van der Waals surface area contributed by atoms with Gasteiger partial charge in [-0.2, -0.15) is 0 Å². The number of pyridine rings is 1. The van der Waals surface area contributed by atoms with E-state index >= 15 is 0 Å². The van der Waals surface area contributed by atoms with Crippen molar-refractivity contribution in [3.8, 4) is 0 Å². The standard InChI is InChI=1S/C6H6ClN.C6H9N3/c7-5-1-3-6(8)4-2-5;1-4-2-3-5(7)6(8)9-4/h1-4H,8H2;2-3H,7H2,1H3,(H2,8,9). The summed E-state index contributed by atoms with van der Waals surface area (Å²) in [7, 11) is 0. The van der Waals surface area contributed by atoms with E-state index in [1.54, 1.807) is 30.3 Å². The van der Waals surface area contributed by atoms with Crippen LogP contribution in [0.4, 0.5) is 17.2 Å². The molecule has 0 atom stereocenters. The van der Waals surface area contributed by atoms with E-state index in [1.807, 2.05) is 13.0 Å². The molecule has 6 N–H and O–H groups in total. The van der Waals surface area contributed by atoms with E-state index in [2.05, 4.69) is 4.98 Å². The molecule has 0 radical (unpaired) electrons. The molecule has 0 aliphatic rings. The van der Waals surface area contributed by atoms with Crippen LogP contribution in [0.15, 0.2) is 36.4 Å². The van der Waals surface area contributed by atoms with Crippen molar-refractivity contribution in [3.05, 3.63) is 47.1 Å². The highest BCUT2D eigenvalue weighted by molar-refractivity contribution is 6.30. The van der Waals surface area contributed by atoms with Crippen LogP contribution >= 0.6 is 11.6 Å². The van der Waals surface area contributed by atoms with Crippen molar-refractivity contribution in [1.82, 2.24) is 4.98 Å². The Hall–Kier alpha value is -1.94. The zero-order valence-corrected chi connectivity index (χ0v) is 10.3. The van der Waals surface area contributed by atoms with Crippen molar-refractivity contribution in [2.75, 3.05) is 17.2 Å². The molecule has 1 heterocycles. The summed E-state index contributed by atoms with van der Waals surface area (Å²) < 4.78 is 0. The van der Waals surface area contributed by atoms with Crippen molar-refractivity contribution in [3.63, 3.8) is 0 Å². The van der Waals surface area contributed by atoms with Crippen LogP contribution in [0.2, 0.25) is 5.02 Å². The Morgan fingerprint density at radius 3 is 1.94 bits per heavy atom. The van der Waals surface area contributed by atoms with Crippen LogP contribution in [0.3, 0.4) is 0 Å². The number of aryl methyl sites for hydroxylation is 1. The number of hydrogen-bond donors (Lipinski definition) is 3. The molecule has 0 unspecified atom stereocenters. The molecule has 90 valence electrons. The Morgan fingerprint density at radius 2 is 1.53 bits per heavy atom. The Bertz CT molecular complexity index is 461. The van der Waals surface area contributed by atoms with Gasteiger partial charge in [-0.3, -0.25) is 0 Å². The fraction of sp³-hybridized carbons (Fsp3) is 0.0833. The predicted molar refractivity (Wildman–Crippen MR) is 73.7 cm³/mol. The first-order valence-corrected chi connectivity index (χ1v) is 5.36. The van der Waals surface area contributed by atoms with E-state index in [1.165, 1.54) is 0 Å². The van der Waals surface area contributed by atoms with Gasteiger partial charge in [-0.1, -0.05) is 11.6 Å². The summed E-state index contributed by atoms with van der Waals surface area (Å²) in [5.74, 6) is 0.412. The van der Waals surface area contributed by atoms with Crippen LogP contribution in [0.25, 0.3) is 0 Å². The molecule has 0 spiro atoms. The third-order valence-corrected chi connectivity index (χ3v) is 2.22. The molecular weight excluding hydrogens is 236 g/mol. The first kappa shape index (κ1) is 13.1. The number of rotatable bonds is 0. The van der Waals surface area contributed by atoms with Crippen molar-refractivity contribution in [1.29, 1.82) is 0 Å². The second-order valence-corrected chi connectivity index (χ2v) is 3.92. The van der Waals surface area contributed by atoms with Crippen LogP contribution in [0.5, 0.6) is 0 Å². The van der Waals surface area contributed by atoms with Crippen LogP contribution in [-0.2, 0) is 0 Å². The highest BCUT2D eigenvalue weighted by Gasteiger charge is 1.92. The fourth-order valence-electron chi connectivity index (χ4n) is 1.05. The number of nitrogens with two attached hydrogens (primary N) is 3. The van der Waals surface area contributed by atoms with Gasteiger partial charge in [0.15, 0.2) is 0 Å². The Morgan fingerprint density at radius 1 is 0.941 bits per heavy atom. The van der Waals surface area contributed by atoms with Crippen molar-refractivity contribution >= 4 is 28.8 Å². The molecule has 5 heteroatoms. The lowest BCUT2D eigenvalue weighted by atomic mass is 10.3. The minimum Gasteiger partial charge on any atom is -0.399 e. The van der Waals surface area contributed by atoms with Gasteiger partial charge in [0, 0.05) is 16.4 Å². The molecule has 0 fully saturated rings. The molecule has 0 bridgehead atoms. The van der Waals surface area contributed by atoms with Crippen molar-refractivity contribution in [2.45, 2.75) is 6.92 Å². The second-order valence-electron chi connectivity index (χ2n) is 3.48. The topological polar surface area (TPSA) is 91.0 Å². The number of aromatic nitrogens is 1. The SMILES string of the molecule is Cc1ccc(N)c(N)n1.Nc1ccc(Cl)cc1. The minimum atomic E-state index is 0.412. The molecule has 1 aromatic heterocycles. The van der Waals surface area contributed by atoms with Gasteiger partial charge in [-0.05, 0) is 43.3 Å². The molecule has 0 amide bonds. The lowest BCUT2D eigenvalue weighted by Crippen LogP contribution is -1.97. The second kappa shape index (κ2) is 5.96. The molecule has 0 saturated heterocycles. The number of anilines is 3. The van der Waals surface area contributed by atoms with E-state index in [9.17, 15) is 0 Å². The van der Waals surface area contributed by atoms with Crippen LogP contribution in [0, 0.1) is 6.92 Å². The highest BCUT2D eigenvalue weighted by atomic mass is 35.5. The van der Waals surface area contributed by atoms with Gasteiger partial charge in [0.25, 0.3) is 0 Å². The third-order valence-electron chi connectivity index (χ3n) is 1.97. The molecule has 2 aromatic rings. The van der Waals surface area contributed by atoms with Gasteiger partial charge >= 0.3 is 0 Å². The Balaban J connectivity index is 0.000000171. The van der Waals surface area contributed by atoms with Gasteiger partial charge in [-0.25, -0.2) is 4.98 Å². The quantitative estimate of drug-likeness (QED) is 0.627. The maximum Gasteiger partial charge on any atom is 0.146 e. The average molecular weight is 251 g/mol. The summed E-state index contributed by atoms with van der Waals surface area (Å²) in [4.78, 5) is 3.93. The van der Waals surface area contributed by atoms with E-state index in [0.717, 1.165) is 16.4 Å². The molecule has 2 rings (SSSR count). The number of nitrogen functional groups attached to an aromatic ring is 3. The maximum absolute atomic E-state index is 5.56. The monoisotopic (exact) mass is 250 g/mol. The lowest BCUT2D eigenvalue weighted by Gasteiger charge is -1.97. The Kier molecular flexibility index (Phi) is 4.60. The van der Waals surface area contributed by atoms with Crippen molar-refractivity contribution in [2.24, 2.45) is 0 Å². The fourth-order valence-corrected chi connectivity index (χ4v) is 1.18. The predicted octanol–water partition coefficient (Wildman–Crippen LogP) is 2.48. The summed E-state index contributed by atoms with van der Waals surface area (Å²) in [5.41, 5.74) is 18.3. The maximum atomic E-state index is 5.56. The van der Waals surface area contributed by atoms with Gasteiger partial charge in [0.1, 0.15) is 5.82 Å². The summed E-state index contributed by atoms with van der Waals surface area (Å²) >= 11 is 5.56. The van der Waals surface area contributed by atoms with Gasteiger partial charge < -0.3 is 17.2 Å². The molecule has 0 aliphatic heterocycles. The zero-order chi connectivity index (χ0) is 12.8. The van der Waals surface area contributed by atoms with Crippen LogP contribution in [-0.4, -0.2) is 4.98 Å². The lowest BCUT2D eigenvalue weighted by molar-refractivity contribution is 1.21. The average Bonchev–Trinajstić information content (AvgIpc) is 2.29. The third kappa shape index (κ3) is 4.61. The Labute approximate surface area is 105 Å². The van der Waals surface area contributed by atoms with Gasteiger partial charge in [0.05, 0.1) is 5.69 Å². The zero-order valence-electron chi connectivity index (χ0n) is 9.52. The van der Waals surface area contributed by atoms with E-state index < -0.39 is 0 Å². The van der Waals surface area contributed by atoms with Gasteiger partial charge in [-0.15, -0.1) is 0 Å². The molecule has 4 nitrogen and oxygen atoms in total. The van der Waals surface area contributed by atoms with Gasteiger partial charge in [0.2, 0.25) is 0 Å². The molecular formula is C12H15ClN4. The smallest absolute Gasteiger partial charge is 0.146 e. The first-order valence-electron chi connectivity index (χ1n) is 4.98. The largest absolute Gasteiger partial charge is 0.399 e. The summed E-state index contributed by atoms with van der Waals surface area (Å²) in [6.45, 7) is 1.87. The first-order chi connectivity index (χ1) is 7.99. The normalized spacial score (nSPS) is 9.29. The molecule has 1 aromatic carbocycles. The summed E-state index contributed by atoms with van der Waals surface area (Å²) in [6, 6.07) is 10.6. The summed E-state index contributed by atoms with van der Waals surface area (Å²) in [6.07, 6.45) is 0. The highest BCUT2D eigenvalue weighted by Crippen LogP contribution is 2.10. The van der Waals surface area contributed by atoms with E-state index in [0.29, 0.717) is 11.5 Å². The number of nitrogens with zero attached hydrogens (tertiary/aromatic N) is 1.